The highest BCUT2D eigenvalue weighted by Gasteiger charge is 2.16. The summed E-state index contributed by atoms with van der Waals surface area (Å²) in [4.78, 5) is 14.1. The maximum Gasteiger partial charge on any atom is 0.233 e. The van der Waals surface area contributed by atoms with Crippen molar-refractivity contribution in [1.82, 2.24) is 19.7 Å². The largest absolute Gasteiger partial charge is 0.343 e. The van der Waals surface area contributed by atoms with E-state index in [4.69, 9.17) is 0 Å². The third kappa shape index (κ3) is 4.38. The number of hydrogen-bond donors (Lipinski definition) is 0. The van der Waals surface area contributed by atoms with Gasteiger partial charge in [0.2, 0.25) is 5.91 Å². The van der Waals surface area contributed by atoms with Crippen molar-refractivity contribution in [2.24, 2.45) is 0 Å². The molecule has 0 aliphatic heterocycles. The van der Waals surface area contributed by atoms with E-state index in [1.54, 1.807) is 0 Å². The number of nitrogens with zero attached hydrogens (tertiary/aromatic N) is 4. The van der Waals surface area contributed by atoms with Gasteiger partial charge in [0, 0.05) is 25.2 Å². The number of thioether (sulfide) groups is 1. The Morgan fingerprint density at radius 2 is 1.96 bits per heavy atom. The standard InChI is InChI=1S/C18H26N4OS/c1-5-11-22-17(15-10-8-9-14(4)12-15)19-20-18(22)24-13-16(23)21(6-2)7-3/h8-10,12H,5-7,11,13H2,1-4H3. The van der Waals surface area contributed by atoms with Crippen LogP contribution >= 0.6 is 11.8 Å². The number of carbonyl (C=O) groups is 1. The Morgan fingerprint density at radius 1 is 1.21 bits per heavy atom. The van der Waals surface area contributed by atoms with E-state index >= 15 is 0 Å². The second-order valence-corrected chi connectivity index (χ2v) is 6.62. The molecule has 0 saturated carbocycles. The fraction of sp³-hybridized carbons (Fsp3) is 0.500. The summed E-state index contributed by atoms with van der Waals surface area (Å²) >= 11 is 1.47. The van der Waals surface area contributed by atoms with Gasteiger partial charge < -0.3 is 9.47 Å². The lowest BCUT2D eigenvalue weighted by molar-refractivity contribution is -0.127. The summed E-state index contributed by atoms with van der Waals surface area (Å²) in [6.07, 6.45) is 0.994. The van der Waals surface area contributed by atoms with Gasteiger partial charge in [0.15, 0.2) is 11.0 Å². The first-order valence-electron chi connectivity index (χ1n) is 8.51. The molecule has 0 atom stereocenters. The summed E-state index contributed by atoms with van der Waals surface area (Å²) in [6, 6.07) is 8.28. The minimum absolute atomic E-state index is 0.146. The van der Waals surface area contributed by atoms with Crippen LogP contribution in [0.25, 0.3) is 11.4 Å². The Kier molecular flexibility index (Phi) is 6.85. The van der Waals surface area contributed by atoms with Crippen LogP contribution in [0.2, 0.25) is 0 Å². The van der Waals surface area contributed by atoms with Crippen molar-refractivity contribution >= 4 is 17.7 Å². The molecule has 0 unspecified atom stereocenters. The van der Waals surface area contributed by atoms with E-state index < -0.39 is 0 Å². The number of rotatable bonds is 8. The first kappa shape index (κ1) is 18.5. The molecule has 6 heteroatoms. The first-order chi connectivity index (χ1) is 11.6. The normalized spacial score (nSPS) is 10.8. The lowest BCUT2D eigenvalue weighted by Crippen LogP contribution is -2.31. The number of benzene rings is 1. The van der Waals surface area contributed by atoms with Crippen LogP contribution in [-0.4, -0.2) is 44.4 Å². The van der Waals surface area contributed by atoms with Crippen molar-refractivity contribution in [2.75, 3.05) is 18.8 Å². The summed E-state index contributed by atoms with van der Waals surface area (Å²) in [5.41, 5.74) is 2.27. The Labute approximate surface area is 148 Å². The van der Waals surface area contributed by atoms with Crippen LogP contribution in [0, 0.1) is 6.92 Å². The van der Waals surface area contributed by atoms with E-state index in [9.17, 15) is 4.79 Å². The molecule has 0 spiro atoms. The quantitative estimate of drug-likeness (QED) is 0.685. The fourth-order valence-electron chi connectivity index (χ4n) is 2.61. The highest BCUT2D eigenvalue weighted by Crippen LogP contribution is 2.25. The predicted molar refractivity (Wildman–Crippen MR) is 99.1 cm³/mol. The average molecular weight is 347 g/mol. The van der Waals surface area contributed by atoms with Gasteiger partial charge in [0.05, 0.1) is 5.75 Å². The Balaban J connectivity index is 2.21. The fourth-order valence-corrected chi connectivity index (χ4v) is 3.48. The minimum atomic E-state index is 0.146. The van der Waals surface area contributed by atoms with E-state index in [0.717, 1.165) is 42.6 Å². The zero-order chi connectivity index (χ0) is 17.5. The average Bonchev–Trinajstić information content (AvgIpc) is 2.97. The van der Waals surface area contributed by atoms with Crippen LogP contribution < -0.4 is 0 Å². The van der Waals surface area contributed by atoms with E-state index in [-0.39, 0.29) is 5.91 Å². The smallest absolute Gasteiger partial charge is 0.233 e. The Morgan fingerprint density at radius 3 is 2.58 bits per heavy atom. The van der Waals surface area contributed by atoms with Gasteiger partial charge in [-0.3, -0.25) is 4.79 Å². The first-order valence-corrected chi connectivity index (χ1v) is 9.50. The van der Waals surface area contributed by atoms with E-state index in [0.29, 0.717) is 5.75 Å². The second-order valence-electron chi connectivity index (χ2n) is 5.68. The van der Waals surface area contributed by atoms with Gasteiger partial charge in [0.25, 0.3) is 0 Å². The van der Waals surface area contributed by atoms with E-state index in [2.05, 4.69) is 46.8 Å². The van der Waals surface area contributed by atoms with Crippen LogP contribution in [-0.2, 0) is 11.3 Å². The third-order valence-corrected chi connectivity index (χ3v) is 4.83. The summed E-state index contributed by atoms with van der Waals surface area (Å²) in [6.45, 7) is 10.5. The van der Waals surface area contributed by atoms with Gasteiger partial charge in [-0.15, -0.1) is 10.2 Å². The summed E-state index contributed by atoms with van der Waals surface area (Å²) in [7, 11) is 0. The molecule has 0 saturated heterocycles. The molecule has 0 radical (unpaired) electrons. The van der Waals surface area contributed by atoms with Crippen LogP contribution in [0.5, 0.6) is 0 Å². The Bertz CT molecular complexity index is 679. The van der Waals surface area contributed by atoms with Crippen LogP contribution in [0.15, 0.2) is 29.4 Å². The zero-order valence-electron chi connectivity index (χ0n) is 15.0. The number of aryl methyl sites for hydroxylation is 1. The van der Waals surface area contributed by atoms with Gasteiger partial charge in [-0.1, -0.05) is 42.4 Å². The maximum absolute atomic E-state index is 12.2. The van der Waals surface area contributed by atoms with Gasteiger partial charge in [-0.2, -0.15) is 0 Å². The minimum Gasteiger partial charge on any atom is -0.343 e. The molecule has 1 amide bonds. The van der Waals surface area contributed by atoms with Crippen LogP contribution in [0.3, 0.4) is 0 Å². The van der Waals surface area contributed by atoms with Crippen molar-refractivity contribution in [3.63, 3.8) is 0 Å². The van der Waals surface area contributed by atoms with Gasteiger partial charge >= 0.3 is 0 Å². The summed E-state index contributed by atoms with van der Waals surface area (Å²) < 4.78 is 2.12. The molecular formula is C18H26N4OS. The molecule has 1 aromatic carbocycles. The molecule has 1 heterocycles. The molecule has 5 nitrogen and oxygen atoms in total. The van der Waals surface area contributed by atoms with Gasteiger partial charge in [0.1, 0.15) is 0 Å². The number of hydrogen-bond acceptors (Lipinski definition) is 4. The molecule has 0 aliphatic rings. The summed E-state index contributed by atoms with van der Waals surface area (Å²) in [5.74, 6) is 1.42. The molecule has 0 fully saturated rings. The molecule has 1 aromatic heterocycles. The number of amides is 1. The zero-order valence-corrected chi connectivity index (χ0v) is 15.8. The van der Waals surface area contributed by atoms with Gasteiger partial charge in [-0.05, 0) is 33.3 Å². The predicted octanol–water partition coefficient (Wildman–Crippen LogP) is 3.62. The van der Waals surface area contributed by atoms with Crippen molar-refractivity contribution < 1.29 is 4.79 Å². The van der Waals surface area contributed by atoms with Crippen LogP contribution in [0.4, 0.5) is 0 Å². The maximum atomic E-state index is 12.2. The monoisotopic (exact) mass is 346 g/mol. The topological polar surface area (TPSA) is 51.0 Å². The molecule has 0 bridgehead atoms. The highest BCUT2D eigenvalue weighted by atomic mass is 32.2. The number of aromatic nitrogens is 3. The molecule has 24 heavy (non-hydrogen) atoms. The lowest BCUT2D eigenvalue weighted by Gasteiger charge is -2.18. The Hall–Kier alpha value is -1.82. The van der Waals surface area contributed by atoms with E-state index in [1.807, 2.05) is 24.8 Å². The number of carbonyl (C=O) groups excluding carboxylic acids is 1. The third-order valence-electron chi connectivity index (χ3n) is 3.88. The summed E-state index contributed by atoms with van der Waals surface area (Å²) in [5, 5.41) is 9.52. The molecule has 0 aliphatic carbocycles. The lowest BCUT2D eigenvalue weighted by atomic mass is 10.1. The highest BCUT2D eigenvalue weighted by molar-refractivity contribution is 7.99. The van der Waals surface area contributed by atoms with E-state index in [1.165, 1.54) is 17.3 Å². The second kappa shape index (κ2) is 8.87. The van der Waals surface area contributed by atoms with Gasteiger partial charge in [-0.25, -0.2) is 0 Å². The molecule has 0 N–H and O–H groups in total. The van der Waals surface area contributed by atoms with Crippen molar-refractivity contribution in [3.05, 3.63) is 29.8 Å². The molecule has 2 aromatic rings. The molecular weight excluding hydrogens is 320 g/mol. The van der Waals surface area contributed by atoms with Crippen molar-refractivity contribution in [3.8, 4) is 11.4 Å². The van der Waals surface area contributed by atoms with Crippen molar-refractivity contribution in [2.45, 2.75) is 45.8 Å². The molecule has 2 rings (SSSR count). The van der Waals surface area contributed by atoms with Crippen LogP contribution in [0.1, 0.15) is 32.8 Å². The SMILES string of the molecule is CCCn1c(SCC(=O)N(CC)CC)nnc1-c1cccc(C)c1. The molecule has 130 valence electrons. The van der Waals surface area contributed by atoms with Crippen molar-refractivity contribution in [1.29, 1.82) is 0 Å².